The Morgan fingerprint density at radius 3 is 2.38 bits per heavy atom. The molecule has 48 valence electrons. The lowest BCUT2D eigenvalue weighted by molar-refractivity contribution is -0.128. The van der Waals surface area contributed by atoms with Gasteiger partial charge in [0, 0.05) is 0 Å². The van der Waals surface area contributed by atoms with Crippen LogP contribution in [0.2, 0.25) is 0 Å². The van der Waals surface area contributed by atoms with Gasteiger partial charge in [-0.3, -0.25) is 4.79 Å². The Labute approximate surface area is 57.7 Å². The van der Waals surface area contributed by atoms with E-state index in [0.717, 1.165) is 0 Å². The normalized spacial score (nSPS) is 10.9. The first-order valence-electron chi connectivity index (χ1n) is 1.99. The first-order chi connectivity index (χ1) is 3.56. The van der Waals surface area contributed by atoms with Crippen LogP contribution < -0.4 is 0 Å². The highest BCUT2D eigenvalue weighted by atomic mass is 35.5. The molecule has 0 radical (unpaired) electrons. The molecule has 0 amide bonds. The lowest BCUT2D eigenvalue weighted by atomic mass is 10.5. The van der Waals surface area contributed by atoms with E-state index in [4.69, 9.17) is 23.2 Å². The minimum atomic E-state index is -0.957. The maximum absolute atomic E-state index is 9.51. The van der Waals surface area contributed by atoms with E-state index in [1.54, 1.807) is 6.92 Å². The quantitative estimate of drug-likeness (QED) is 0.456. The number of alkyl halides is 2. The molecule has 0 aromatic carbocycles. The highest BCUT2D eigenvalue weighted by molar-refractivity contribution is 6.48. The van der Waals surface area contributed by atoms with Crippen molar-refractivity contribution in [1.82, 2.24) is 0 Å². The molecule has 0 atom stereocenters. The summed E-state index contributed by atoms with van der Waals surface area (Å²) in [7, 11) is 0. The van der Waals surface area contributed by atoms with E-state index in [1.807, 2.05) is 0 Å². The van der Waals surface area contributed by atoms with Gasteiger partial charge in [-0.05, 0) is 6.92 Å². The fourth-order valence-corrected chi connectivity index (χ4v) is 0.306. The summed E-state index contributed by atoms with van der Waals surface area (Å²) in [5.74, 6) is 0. The molecule has 0 aliphatic rings. The molecule has 0 aliphatic heterocycles. The predicted molar refractivity (Wildman–Crippen MR) is 32.1 cm³/mol. The number of rotatable bonds is 3. The van der Waals surface area contributed by atoms with Gasteiger partial charge in [-0.1, -0.05) is 23.2 Å². The molecule has 0 aromatic heterocycles. The van der Waals surface area contributed by atoms with Crippen LogP contribution in [-0.4, -0.2) is 17.4 Å². The summed E-state index contributed by atoms with van der Waals surface area (Å²) in [6.45, 7) is 1.88. The molecule has 0 unspecified atom stereocenters. The second-order valence-electron chi connectivity index (χ2n) is 1.48. The Morgan fingerprint density at radius 1 is 1.75 bits per heavy atom. The maximum atomic E-state index is 9.51. The van der Waals surface area contributed by atoms with Crippen LogP contribution in [0.25, 0.3) is 0 Å². The number of carbonyl (C=O) groups excluding carboxylic acids is 1. The highest BCUT2D eigenvalue weighted by Crippen LogP contribution is 2.18. The van der Waals surface area contributed by atoms with Crippen LogP contribution in [0, 0.1) is 0 Å². The van der Waals surface area contributed by atoms with Crippen molar-refractivity contribution in [1.29, 1.82) is 0 Å². The van der Waals surface area contributed by atoms with Gasteiger partial charge in [0.1, 0.15) is 10.9 Å². The van der Waals surface area contributed by atoms with E-state index >= 15 is 0 Å². The summed E-state index contributed by atoms with van der Waals surface area (Å²) in [6.07, 6.45) is 0. The summed E-state index contributed by atoms with van der Waals surface area (Å²) >= 11 is 10.8. The third-order valence-corrected chi connectivity index (χ3v) is 0.623. The molecule has 0 saturated heterocycles. The molecule has 0 saturated carbocycles. The number of hydrogen-bond donors (Lipinski definition) is 0. The third-order valence-electron chi connectivity index (χ3n) is 0.405. The molecule has 0 N–H and O–H groups in total. The molecule has 2 nitrogen and oxygen atoms in total. The van der Waals surface area contributed by atoms with Crippen molar-refractivity contribution in [2.24, 2.45) is 0 Å². The van der Waals surface area contributed by atoms with Gasteiger partial charge in [-0.2, -0.15) is 0 Å². The number of halogens is 2. The van der Waals surface area contributed by atoms with E-state index < -0.39 is 4.33 Å². The first kappa shape index (κ1) is 8.05. The van der Waals surface area contributed by atoms with Crippen LogP contribution in [0.5, 0.6) is 0 Å². The monoisotopic (exact) mass is 156 g/mol. The zero-order chi connectivity index (χ0) is 6.62. The van der Waals surface area contributed by atoms with Gasteiger partial charge in [0.25, 0.3) is 6.47 Å². The van der Waals surface area contributed by atoms with Gasteiger partial charge < -0.3 is 4.74 Å². The Bertz CT molecular complexity index is 76.6. The molecule has 0 aromatic rings. The number of hydrogen-bond acceptors (Lipinski definition) is 2. The number of carbonyl (C=O) groups is 1. The fourth-order valence-electron chi connectivity index (χ4n) is 0.180. The van der Waals surface area contributed by atoms with Crippen LogP contribution >= 0.6 is 23.2 Å². The Balaban J connectivity index is 3.24. The molecular formula is C4H6Cl2O2. The van der Waals surface area contributed by atoms with Gasteiger partial charge in [0.05, 0.1) is 0 Å². The van der Waals surface area contributed by atoms with Crippen molar-refractivity contribution in [2.75, 3.05) is 6.61 Å². The van der Waals surface area contributed by atoms with Crippen LogP contribution in [0.4, 0.5) is 0 Å². The van der Waals surface area contributed by atoms with E-state index in [-0.39, 0.29) is 6.61 Å². The van der Waals surface area contributed by atoms with Crippen molar-refractivity contribution in [3.05, 3.63) is 0 Å². The molecule has 4 heteroatoms. The summed E-state index contributed by atoms with van der Waals surface area (Å²) < 4.78 is 3.30. The second kappa shape index (κ2) is 3.15. The smallest absolute Gasteiger partial charge is 0.293 e. The molecule has 0 heterocycles. The van der Waals surface area contributed by atoms with E-state index in [9.17, 15) is 4.79 Å². The molecule has 0 rings (SSSR count). The van der Waals surface area contributed by atoms with Crippen molar-refractivity contribution < 1.29 is 9.53 Å². The lowest BCUT2D eigenvalue weighted by Crippen LogP contribution is -2.14. The molecular weight excluding hydrogens is 151 g/mol. The minimum absolute atomic E-state index is 0.0274. The Morgan fingerprint density at radius 2 is 2.25 bits per heavy atom. The summed E-state index contributed by atoms with van der Waals surface area (Å²) in [6, 6.07) is 0. The minimum Gasteiger partial charge on any atom is -0.465 e. The first-order valence-corrected chi connectivity index (χ1v) is 2.75. The zero-order valence-corrected chi connectivity index (χ0v) is 5.87. The Kier molecular flexibility index (Phi) is 3.17. The van der Waals surface area contributed by atoms with E-state index in [1.165, 1.54) is 0 Å². The van der Waals surface area contributed by atoms with E-state index in [0.29, 0.717) is 6.47 Å². The van der Waals surface area contributed by atoms with Crippen molar-refractivity contribution in [2.45, 2.75) is 11.3 Å². The topological polar surface area (TPSA) is 26.3 Å². The summed E-state index contributed by atoms with van der Waals surface area (Å²) in [4.78, 5) is 9.51. The second-order valence-corrected chi connectivity index (χ2v) is 3.34. The molecule has 0 bridgehead atoms. The van der Waals surface area contributed by atoms with Crippen LogP contribution in [0.1, 0.15) is 6.92 Å². The molecule has 0 fully saturated rings. The number of ether oxygens (including phenoxy) is 1. The predicted octanol–water partition coefficient (Wildman–Crippen LogP) is 1.35. The summed E-state index contributed by atoms with van der Waals surface area (Å²) in [5, 5.41) is 0. The lowest BCUT2D eigenvalue weighted by Gasteiger charge is -2.09. The van der Waals surface area contributed by atoms with Gasteiger partial charge in [-0.15, -0.1) is 0 Å². The average Bonchev–Trinajstić information content (AvgIpc) is 1.59. The largest absolute Gasteiger partial charge is 0.465 e. The molecule has 0 aliphatic carbocycles. The zero-order valence-electron chi connectivity index (χ0n) is 4.36. The standard InChI is InChI=1S/C4H6Cl2O2/c1-4(5,6)2-8-3-7/h3H,2H2,1H3. The maximum Gasteiger partial charge on any atom is 0.293 e. The molecule has 0 spiro atoms. The van der Waals surface area contributed by atoms with Gasteiger partial charge >= 0.3 is 0 Å². The SMILES string of the molecule is CC(Cl)(Cl)COC=O. The van der Waals surface area contributed by atoms with Crippen LogP contribution in [-0.2, 0) is 9.53 Å². The fraction of sp³-hybridized carbons (Fsp3) is 0.750. The Hall–Kier alpha value is 0.0500. The van der Waals surface area contributed by atoms with Gasteiger partial charge in [-0.25, -0.2) is 0 Å². The summed E-state index contributed by atoms with van der Waals surface area (Å²) in [5.41, 5.74) is 0. The third kappa shape index (κ3) is 6.05. The average molecular weight is 157 g/mol. The van der Waals surface area contributed by atoms with Crippen molar-refractivity contribution in [3.63, 3.8) is 0 Å². The van der Waals surface area contributed by atoms with Crippen molar-refractivity contribution in [3.8, 4) is 0 Å². The van der Waals surface area contributed by atoms with E-state index in [2.05, 4.69) is 4.74 Å². The van der Waals surface area contributed by atoms with Crippen molar-refractivity contribution >= 4 is 29.7 Å². The van der Waals surface area contributed by atoms with Gasteiger partial charge in [0.15, 0.2) is 0 Å². The highest BCUT2D eigenvalue weighted by Gasteiger charge is 2.15. The van der Waals surface area contributed by atoms with Gasteiger partial charge in [0.2, 0.25) is 0 Å². The molecule has 8 heavy (non-hydrogen) atoms. The van der Waals surface area contributed by atoms with Crippen LogP contribution in [0.3, 0.4) is 0 Å². The van der Waals surface area contributed by atoms with Crippen LogP contribution in [0.15, 0.2) is 0 Å².